The lowest BCUT2D eigenvalue weighted by molar-refractivity contribution is -0.140. The fourth-order valence-electron chi connectivity index (χ4n) is 6.42. The summed E-state index contributed by atoms with van der Waals surface area (Å²) in [7, 11) is 0. The standard InChI is InChI=1S/C22H26N2O2/c1-5-15-12-24-11-10-22-16-8-6-7-9-17(16)23-18(22)19(26-14(2)25)20(15,3)13-21(22,24)4/h5-9,23H,10-13H2,1-4H3. The molecule has 3 unspecified atom stereocenters. The van der Waals surface area contributed by atoms with E-state index < -0.39 is 0 Å². The van der Waals surface area contributed by atoms with Crippen LogP contribution < -0.4 is 5.32 Å². The number of hydrogen-bond donors (Lipinski definition) is 1. The molecule has 0 radical (unpaired) electrons. The topological polar surface area (TPSA) is 41.6 Å². The lowest BCUT2D eigenvalue weighted by Gasteiger charge is -2.59. The molecule has 0 amide bonds. The van der Waals surface area contributed by atoms with Gasteiger partial charge in [-0.05, 0) is 50.8 Å². The maximum atomic E-state index is 12.0. The number of rotatable bonds is 1. The summed E-state index contributed by atoms with van der Waals surface area (Å²) in [5.41, 5.74) is 4.65. The first-order chi connectivity index (χ1) is 12.4. The minimum Gasteiger partial charge on any atom is -0.428 e. The van der Waals surface area contributed by atoms with Gasteiger partial charge in [0.25, 0.3) is 0 Å². The van der Waals surface area contributed by atoms with Crippen LogP contribution >= 0.6 is 0 Å². The molecule has 2 bridgehead atoms. The number of hydrogen-bond acceptors (Lipinski definition) is 4. The molecule has 136 valence electrons. The van der Waals surface area contributed by atoms with Crippen LogP contribution in [0.5, 0.6) is 0 Å². The Morgan fingerprint density at radius 2 is 2.08 bits per heavy atom. The van der Waals surface area contributed by atoms with Crippen LogP contribution in [0.15, 0.2) is 47.4 Å². The summed E-state index contributed by atoms with van der Waals surface area (Å²) in [5, 5.41) is 3.68. The molecule has 4 aliphatic rings. The number of anilines is 1. The van der Waals surface area contributed by atoms with Gasteiger partial charge in [0.05, 0.1) is 16.5 Å². The van der Waals surface area contributed by atoms with Gasteiger partial charge in [-0.1, -0.05) is 24.3 Å². The number of nitrogens with one attached hydrogen (secondary N) is 1. The number of allylic oxidation sites excluding steroid dienone is 2. The fourth-order valence-corrected chi connectivity index (χ4v) is 6.42. The number of carbonyl (C=O) groups is 1. The number of esters is 1. The van der Waals surface area contributed by atoms with Crippen LogP contribution in [0.25, 0.3) is 0 Å². The molecule has 1 aliphatic carbocycles. The van der Waals surface area contributed by atoms with E-state index in [-0.39, 0.29) is 22.3 Å². The summed E-state index contributed by atoms with van der Waals surface area (Å²) >= 11 is 0. The normalized spacial score (nSPS) is 38.8. The van der Waals surface area contributed by atoms with E-state index in [0.717, 1.165) is 43.1 Å². The number of para-hydroxylation sites is 1. The smallest absolute Gasteiger partial charge is 0.307 e. The van der Waals surface area contributed by atoms with Crippen molar-refractivity contribution in [2.75, 3.05) is 18.4 Å². The van der Waals surface area contributed by atoms with E-state index in [2.05, 4.69) is 61.3 Å². The van der Waals surface area contributed by atoms with Crippen molar-refractivity contribution in [3.63, 3.8) is 0 Å². The van der Waals surface area contributed by atoms with E-state index in [9.17, 15) is 4.79 Å². The number of carbonyl (C=O) groups excluding carboxylic acids is 1. The van der Waals surface area contributed by atoms with E-state index >= 15 is 0 Å². The number of nitrogens with zero attached hydrogens (tertiary/aromatic N) is 1. The molecule has 1 aromatic carbocycles. The van der Waals surface area contributed by atoms with E-state index in [1.165, 1.54) is 18.1 Å². The monoisotopic (exact) mass is 350 g/mol. The Kier molecular flexibility index (Phi) is 2.98. The van der Waals surface area contributed by atoms with Gasteiger partial charge >= 0.3 is 5.97 Å². The first kappa shape index (κ1) is 16.1. The summed E-state index contributed by atoms with van der Waals surface area (Å²) < 4.78 is 5.97. The van der Waals surface area contributed by atoms with Crippen molar-refractivity contribution in [3.8, 4) is 0 Å². The number of piperidine rings is 1. The van der Waals surface area contributed by atoms with Crippen molar-refractivity contribution >= 4 is 11.7 Å². The predicted octanol–water partition coefficient (Wildman–Crippen LogP) is 3.96. The molecular weight excluding hydrogens is 324 g/mol. The van der Waals surface area contributed by atoms with Crippen LogP contribution in [0.4, 0.5) is 5.69 Å². The first-order valence-electron chi connectivity index (χ1n) is 9.58. The van der Waals surface area contributed by atoms with Crippen molar-refractivity contribution in [2.45, 2.75) is 51.5 Å². The van der Waals surface area contributed by atoms with Crippen LogP contribution in [-0.4, -0.2) is 29.5 Å². The molecule has 0 saturated carbocycles. The largest absolute Gasteiger partial charge is 0.428 e. The highest BCUT2D eigenvalue weighted by molar-refractivity contribution is 5.75. The molecule has 26 heavy (non-hydrogen) atoms. The van der Waals surface area contributed by atoms with E-state index in [1.807, 2.05) is 0 Å². The highest BCUT2D eigenvalue weighted by Gasteiger charge is 2.70. The van der Waals surface area contributed by atoms with Gasteiger partial charge in [0.2, 0.25) is 0 Å². The second-order valence-corrected chi connectivity index (χ2v) is 8.64. The number of fused-ring (bicyclic) bond motifs is 2. The molecule has 1 N–H and O–H groups in total. The fraction of sp³-hybridized carbons (Fsp3) is 0.500. The van der Waals surface area contributed by atoms with Gasteiger partial charge < -0.3 is 10.1 Å². The van der Waals surface area contributed by atoms with Gasteiger partial charge in [-0.3, -0.25) is 9.69 Å². The second kappa shape index (κ2) is 4.80. The molecule has 4 heteroatoms. The Bertz CT molecular complexity index is 901. The van der Waals surface area contributed by atoms with Gasteiger partial charge in [0.15, 0.2) is 0 Å². The first-order valence-corrected chi connectivity index (χ1v) is 9.58. The van der Waals surface area contributed by atoms with Crippen LogP contribution in [0.1, 0.15) is 46.1 Å². The maximum absolute atomic E-state index is 12.0. The minimum absolute atomic E-state index is 0.0207. The maximum Gasteiger partial charge on any atom is 0.307 e. The van der Waals surface area contributed by atoms with Crippen LogP contribution in [0.2, 0.25) is 0 Å². The third-order valence-corrected chi connectivity index (χ3v) is 7.54. The Hall–Kier alpha value is -2.07. The van der Waals surface area contributed by atoms with Crippen LogP contribution in [-0.2, 0) is 14.9 Å². The molecule has 0 aromatic heterocycles. The molecule has 3 heterocycles. The summed E-state index contributed by atoms with van der Waals surface area (Å²) in [6, 6.07) is 8.61. The zero-order chi connectivity index (χ0) is 18.3. The molecular formula is C22H26N2O2. The van der Waals surface area contributed by atoms with Gasteiger partial charge in [0.1, 0.15) is 5.76 Å². The summed E-state index contributed by atoms with van der Waals surface area (Å²) in [6.07, 6.45) is 4.25. The molecule has 2 saturated heterocycles. The zero-order valence-corrected chi connectivity index (χ0v) is 16.0. The Morgan fingerprint density at radius 1 is 1.31 bits per heavy atom. The van der Waals surface area contributed by atoms with Crippen molar-refractivity contribution in [1.29, 1.82) is 0 Å². The summed E-state index contributed by atoms with van der Waals surface area (Å²) in [6.45, 7) is 10.3. The quantitative estimate of drug-likeness (QED) is 0.615. The van der Waals surface area contributed by atoms with Crippen molar-refractivity contribution < 1.29 is 9.53 Å². The predicted molar refractivity (Wildman–Crippen MR) is 102 cm³/mol. The third-order valence-electron chi connectivity index (χ3n) is 7.54. The van der Waals surface area contributed by atoms with Crippen LogP contribution in [0, 0.1) is 5.41 Å². The molecule has 3 atom stereocenters. The average molecular weight is 350 g/mol. The molecule has 3 aliphatic heterocycles. The van der Waals surface area contributed by atoms with Gasteiger partial charge in [-0.15, -0.1) is 0 Å². The molecule has 1 spiro atoms. The Morgan fingerprint density at radius 3 is 2.81 bits per heavy atom. The van der Waals surface area contributed by atoms with Crippen molar-refractivity contribution in [1.82, 2.24) is 4.90 Å². The third kappa shape index (κ3) is 1.58. The lowest BCUT2D eigenvalue weighted by atomic mass is 9.52. The number of ether oxygens (including phenoxy) is 1. The minimum atomic E-state index is -0.246. The SMILES string of the molecule is CC=C1CN2CCC34C(=C(OC(C)=O)C1(C)CC23C)Nc1ccccc14. The lowest BCUT2D eigenvalue weighted by Crippen LogP contribution is -2.64. The number of benzene rings is 1. The molecule has 1 aromatic rings. The Balaban J connectivity index is 1.88. The molecule has 5 rings (SSSR count). The van der Waals surface area contributed by atoms with Gasteiger partial charge in [-0.2, -0.15) is 0 Å². The zero-order valence-electron chi connectivity index (χ0n) is 16.0. The Labute approximate surface area is 154 Å². The summed E-state index contributed by atoms with van der Waals surface area (Å²) in [4.78, 5) is 14.7. The van der Waals surface area contributed by atoms with Crippen molar-refractivity contribution in [3.05, 3.63) is 52.9 Å². The van der Waals surface area contributed by atoms with Gasteiger partial charge in [-0.25, -0.2) is 0 Å². The molecule has 4 nitrogen and oxygen atoms in total. The highest BCUT2D eigenvalue weighted by atomic mass is 16.5. The second-order valence-electron chi connectivity index (χ2n) is 8.64. The van der Waals surface area contributed by atoms with Gasteiger partial charge in [0, 0.05) is 31.2 Å². The molecule has 2 fully saturated rings. The van der Waals surface area contributed by atoms with E-state index in [0.29, 0.717) is 0 Å². The average Bonchev–Trinajstić information content (AvgIpc) is 3.09. The van der Waals surface area contributed by atoms with Crippen LogP contribution in [0.3, 0.4) is 0 Å². The highest BCUT2D eigenvalue weighted by Crippen LogP contribution is 2.69. The van der Waals surface area contributed by atoms with Crippen molar-refractivity contribution in [2.24, 2.45) is 5.41 Å². The van der Waals surface area contributed by atoms with E-state index in [1.54, 1.807) is 0 Å². The van der Waals surface area contributed by atoms with E-state index in [4.69, 9.17) is 4.74 Å². The summed E-state index contributed by atoms with van der Waals surface area (Å²) in [5.74, 6) is 0.606.